The zero-order valence-electron chi connectivity index (χ0n) is 25.8. The third kappa shape index (κ3) is 6.79. The highest BCUT2D eigenvalue weighted by molar-refractivity contribution is 7.65. The first-order valence-corrected chi connectivity index (χ1v) is 17.5. The van der Waals surface area contributed by atoms with Crippen molar-refractivity contribution in [2.75, 3.05) is 68.7 Å². The van der Waals surface area contributed by atoms with Crippen molar-refractivity contribution in [1.82, 2.24) is 14.9 Å². The largest absolute Gasteiger partial charge is 0.494 e. The summed E-state index contributed by atoms with van der Waals surface area (Å²) in [6, 6.07) is 16.6. The monoisotopic (exact) mass is 656 g/mol. The maximum absolute atomic E-state index is 12.8. The number of rotatable bonds is 8. The molecule has 2 saturated heterocycles. The van der Waals surface area contributed by atoms with Crippen molar-refractivity contribution in [3.8, 4) is 5.75 Å². The maximum atomic E-state index is 12.8. The number of nitrogens with one attached hydrogen (secondary N) is 2. The van der Waals surface area contributed by atoms with Gasteiger partial charge in [0.2, 0.25) is 5.95 Å². The standard InChI is InChI=1S/C33H37ClF3N6OP/c1-21-15-26(28(44-2)16-27(21)43-13-11-32(12-14-43)18-42(19-32)20-33(35,36)37)40-31-38-17-24(34)30(41-31)39-25-10-9-22-7-5-6-8-23(22)29(25)45(3)4/h5-10,15-17H,11-14,18-20H2,1-4H3,(H2,38,39,40,41). The number of halogens is 4. The normalized spacial score (nSPS) is 16.7. The maximum Gasteiger partial charge on any atom is 0.401 e. The minimum absolute atomic E-state index is 0.0112. The smallest absolute Gasteiger partial charge is 0.401 e. The number of alkyl halides is 3. The first kappa shape index (κ1) is 31.6. The van der Waals surface area contributed by atoms with Crippen LogP contribution >= 0.6 is 19.5 Å². The van der Waals surface area contributed by atoms with Crippen molar-refractivity contribution in [2.45, 2.75) is 25.9 Å². The van der Waals surface area contributed by atoms with E-state index in [1.165, 1.54) is 21.0 Å². The number of anilines is 5. The first-order chi connectivity index (χ1) is 21.4. The van der Waals surface area contributed by atoms with Crippen molar-refractivity contribution in [2.24, 2.45) is 5.41 Å². The Labute approximate surface area is 267 Å². The van der Waals surface area contributed by atoms with Crippen molar-refractivity contribution < 1.29 is 17.9 Å². The van der Waals surface area contributed by atoms with Crippen LogP contribution in [-0.4, -0.2) is 74.2 Å². The van der Waals surface area contributed by atoms with Crippen LogP contribution in [0.1, 0.15) is 18.4 Å². The Kier molecular flexibility index (Phi) is 8.76. The summed E-state index contributed by atoms with van der Waals surface area (Å²) in [5.74, 6) is 1.52. The number of likely N-dealkylation sites (tertiary alicyclic amines) is 1. The van der Waals surface area contributed by atoms with E-state index in [9.17, 15) is 13.2 Å². The molecule has 3 aromatic carbocycles. The number of methoxy groups -OCH3 is 1. The molecule has 0 amide bonds. The summed E-state index contributed by atoms with van der Waals surface area (Å²) in [6.45, 7) is 8.31. The molecule has 0 aliphatic carbocycles. The number of nitrogens with zero attached hydrogens (tertiary/aromatic N) is 4. The molecule has 238 valence electrons. The molecule has 0 atom stereocenters. The number of fused-ring (bicyclic) bond motifs is 1. The first-order valence-electron chi connectivity index (χ1n) is 14.9. The van der Waals surface area contributed by atoms with Gasteiger partial charge in [0.15, 0.2) is 5.82 Å². The molecule has 2 aliphatic rings. The van der Waals surface area contributed by atoms with E-state index in [4.69, 9.17) is 21.3 Å². The molecule has 0 unspecified atom stereocenters. The molecule has 1 aromatic heterocycles. The van der Waals surface area contributed by atoms with E-state index < -0.39 is 20.6 Å². The second-order valence-electron chi connectivity index (χ2n) is 12.3. The SMILES string of the molecule is COc1cc(N2CCC3(CC2)CN(CC(F)(F)F)C3)c(C)cc1Nc1ncc(Cl)c(Nc2ccc3ccccc3c2P(C)C)n1. The number of hydrogen-bond donors (Lipinski definition) is 2. The summed E-state index contributed by atoms with van der Waals surface area (Å²) in [6.07, 6.45) is -0.826. The minimum Gasteiger partial charge on any atom is -0.494 e. The lowest BCUT2D eigenvalue weighted by atomic mass is 9.72. The fourth-order valence-electron chi connectivity index (χ4n) is 6.69. The lowest BCUT2D eigenvalue weighted by molar-refractivity contribution is -0.171. The van der Waals surface area contributed by atoms with E-state index in [-0.39, 0.29) is 5.41 Å². The Morgan fingerprint density at radius 1 is 1.02 bits per heavy atom. The average Bonchev–Trinajstić information content (AvgIpc) is 2.97. The molecule has 4 aromatic rings. The van der Waals surface area contributed by atoms with Crippen LogP contribution in [0.15, 0.2) is 54.7 Å². The van der Waals surface area contributed by atoms with E-state index >= 15 is 0 Å². The number of ether oxygens (including phenoxy) is 1. The highest BCUT2D eigenvalue weighted by atomic mass is 35.5. The van der Waals surface area contributed by atoms with Crippen LogP contribution in [-0.2, 0) is 0 Å². The molecular weight excluding hydrogens is 620 g/mol. The molecule has 0 saturated carbocycles. The summed E-state index contributed by atoms with van der Waals surface area (Å²) >= 11 is 6.57. The van der Waals surface area contributed by atoms with Crippen LogP contribution in [0.25, 0.3) is 10.8 Å². The predicted octanol–water partition coefficient (Wildman–Crippen LogP) is 7.92. The van der Waals surface area contributed by atoms with Gasteiger partial charge < -0.3 is 20.3 Å². The summed E-state index contributed by atoms with van der Waals surface area (Å²) in [7, 11) is 1.20. The van der Waals surface area contributed by atoms with E-state index in [0.717, 1.165) is 48.6 Å². The number of hydrogen-bond acceptors (Lipinski definition) is 7. The fraction of sp³-hybridized carbons (Fsp3) is 0.394. The zero-order chi connectivity index (χ0) is 31.9. The van der Waals surface area contributed by atoms with Crippen LogP contribution in [0.3, 0.4) is 0 Å². The number of aromatic nitrogens is 2. The molecule has 2 aliphatic heterocycles. The number of aryl methyl sites for hydroxylation is 1. The second-order valence-corrected chi connectivity index (χ2v) is 14.9. The lowest BCUT2D eigenvalue weighted by Gasteiger charge is -2.54. The van der Waals surface area contributed by atoms with Crippen LogP contribution in [0.2, 0.25) is 5.02 Å². The molecule has 6 rings (SSSR count). The van der Waals surface area contributed by atoms with Gasteiger partial charge in [-0.3, -0.25) is 4.90 Å². The Bertz CT molecular complexity index is 1700. The highest BCUT2D eigenvalue weighted by Gasteiger charge is 2.47. The molecule has 1 spiro atoms. The van der Waals surface area contributed by atoms with Gasteiger partial charge in [-0.25, -0.2) is 4.98 Å². The van der Waals surface area contributed by atoms with Crippen molar-refractivity contribution in [3.05, 3.63) is 65.3 Å². The quantitative estimate of drug-likeness (QED) is 0.187. The Hall–Kier alpha value is -3.33. The average molecular weight is 657 g/mol. The van der Waals surface area contributed by atoms with Crippen molar-refractivity contribution in [1.29, 1.82) is 0 Å². The van der Waals surface area contributed by atoms with Gasteiger partial charge in [0.05, 0.1) is 25.5 Å². The summed E-state index contributed by atoms with van der Waals surface area (Å²) in [4.78, 5) is 13.0. The Morgan fingerprint density at radius 2 is 1.76 bits per heavy atom. The van der Waals surface area contributed by atoms with E-state index in [1.807, 2.05) is 25.1 Å². The Morgan fingerprint density at radius 3 is 2.44 bits per heavy atom. The highest BCUT2D eigenvalue weighted by Crippen LogP contribution is 2.44. The molecule has 2 N–H and O–H groups in total. The molecule has 2 fully saturated rings. The summed E-state index contributed by atoms with van der Waals surface area (Å²) < 4.78 is 44.1. The van der Waals surface area contributed by atoms with E-state index in [2.05, 4.69) is 64.2 Å². The number of piperidine rings is 1. The van der Waals surface area contributed by atoms with Gasteiger partial charge in [-0.05, 0) is 67.0 Å². The molecule has 3 heterocycles. The van der Waals surface area contributed by atoms with Gasteiger partial charge in [0, 0.05) is 48.9 Å². The zero-order valence-corrected chi connectivity index (χ0v) is 27.5. The molecule has 12 heteroatoms. The van der Waals surface area contributed by atoms with E-state index in [1.54, 1.807) is 13.3 Å². The van der Waals surface area contributed by atoms with Crippen LogP contribution in [0.5, 0.6) is 5.75 Å². The van der Waals surface area contributed by atoms with E-state index in [0.29, 0.717) is 35.6 Å². The molecule has 0 radical (unpaired) electrons. The topological polar surface area (TPSA) is 65.6 Å². The van der Waals surface area contributed by atoms with Crippen LogP contribution < -0.4 is 25.6 Å². The van der Waals surface area contributed by atoms with Crippen LogP contribution in [0, 0.1) is 12.3 Å². The molecule has 7 nitrogen and oxygen atoms in total. The van der Waals surface area contributed by atoms with Gasteiger partial charge in [-0.1, -0.05) is 49.9 Å². The third-order valence-electron chi connectivity index (χ3n) is 8.80. The van der Waals surface area contributed by atoms with Gasteiger partial charge in [0.1, 0.15) is 10.8 Å². The number of benzene rings is 3. The van der Waals surface area contributed by atoms with Gasteiger partial charge in [-0.15, -0.1) is 0 Å². The van der Waals surface area contributed by atoms with Crippen LogP contribution in [0.4, 0.5) is 42.0 Å². The molecule has 45 heavy (non-hydrogen) atoms. The minimum atomic E-state index is -4.14. The lowest BCUT2D eigenvalue weighted by Crippen LogP contribution is -2.61. The van der Waals surface area contributed by atoms with Gasteiger partial charge >= 0.3 is 6.18 Å². The van der Waals surface area contributed by atoms with Gasteiger partial charge in [-0.2, -0.15) is 18.2 Å². The predicted molar refractivity (Wildman–Crippen MR) is 180 cm³/mol. The molecule has 0 bridgehead atoms. The Balaban J connectivity index is 1.18. The summed E-state index contributed by atoms with van der Waals surface area (Å²) in [5, 5.41) is 10.8. The fourth-order valence-corrected chi connectivity index (χ4v) is 8.13. The second kappa shape index (κ2) is 12.5. The summed E-state index contributed by atoms with van der Waals surface area (Å²) in [5.41, 5.74) is 3.78. The van der Waals surface area contributed by atoms with Crippen molar-refractivity contribution in [3.63, 3.8) is 0 Å². The van der Waals surface area contributed by atoms with Crippen molar-refractivity contribution >= 4 is 64.4 Å². The van der Waals surface area contributed by atoms with Gasteiger partial charge in [0.25, 0.3) is 0 Å². The molecular formula is C33H37ClF3N6OP. The third-order valence-corrected chi connectivity index (χ3v) is 10.4.